The number of ether oxygens (including phenoxy) is 1. The zero-order chi connectivity index (χ0) is 15.5. The maximum Gasteiger partial charge on any atom is 0.433 e. The standard InChI is InChI=1S/C14H9F3N2O2/c15-14(16,17)13-6-11(3-4-19-13)21-12-2-1-9(8-20)5-10(12)7-18/h1-6,20H,8H2. The van der Waals surface area contributed by atoms with E-state index >= 15 is 0 Å². The fourth-order valence-electron chi connectivity index (χ4n) is 1.61. The van der Waals surface area contributed by atoms with Gasteiger partial charge in [0.2, 0.25) is 0 Å². The highest BCUT2D eigenvalue weighted by atomic mass is 19.4. The monoisotopic (exact) mass is 294 g/mol. The number of halogens is 3. The molecule has 0 unspecified atom stereocenters. The molecule has 0 saturated heterocycles. The molecule has 0 fully saturated rings. The highest BCUT2D eigenvalue weighted by molar-refractivity contribution is 5.47. The van der Waals surface area contributed by atoms with Crippen molar-refractivity contribution < 1.29 is 23.0 Å². The molecule has 0 spiro atoms. The van der Waals surface area contributed by atoms with Crippen molar-refractivity contribution in [1.82, 2.24) is 4.98 Å². The Morgan fingerprint density at radius 1 is 1.24 bits per heavy atom. The molecule has 0 aliphatic heterocycles. The second-order valence-corrected chi connectivity index (χ2v) is 4.08. The minimum Gasteiger partial charge on any atom is -0.456 e. The third-order valence-corrected chi connectivity index (χ3v) is 2.60. The topological polar surface area (TPSA) is 66.1 Å². The van der Waals surface area contributed by atoms with Crippen LogP contribution in [0.4, 0.5) is 13.2 Å². The molecule has 0 amide bonds. The van der Waals surface area contributed by atoms with Crippen molar-refractivity contribution in [2.75, 3.05) is 0 Å². The second-order valence-electron chi connectivity index (χ2n) is 4.08. The lowest BCUT2D eigenvalue weighted by Crippen LogP contribution is -2.07. The van der Waals surface area contributed by atoms with Crippen LogP contribution in [-0.2, 0) is 12.8 Å². The molecule has 0 atom stereocenters. The third-order valence-electron chi connectivity index (χ3n) is 2.60. The number of aliphatic hydroxyl groups excluding tert-OH is 1. The molecule has 108 valence electrons. The first-order valence-electron chi connectivity index (χ1n) is 5.79. The van der Waals surface area contributed by atoms with E-state index in [-0.39, 0.29) is 23.7 Å². The predicted molar refractivity (Wildman–Crippen MR) is 66.4 cm³/mol. The van der Waals surface area contributed by atoms with Gasteiger partial charge in [-0.2, -0.15) is 18.4 Å². The van der Waals surface area contributed by atoms with Gasteiger partial charge in [0.05, 0.1) is 12.2 Å². The van der Waals surface area contributed by atoms with Gasteiger partial charge in [0.1, 0.15) is 23.3 Å². The largest absolute Gasteiger partial charge is 0.456 e. The summed E-state index contributed by atoms with van der Waals surface area (Å²) in [6.07, 6.45) is -3.59. The minimum absolute atomic E-state index is 0.0782. The van der Waals surface area contributed by atoms with Crippen LogP contribution in [0.3, 0.4) is 0 Å². The Hall–Kier alpha value is -2.59. The summed E-state index contributed by atoms with van der Waals surface area (Å²) in [5.41, 5.74) is -0.456. The van der Waals surface area contributed by atoms with E-state index in [1.165, 1.54) is 24.3 Å². The first-order chi connectivity index (χ1) is 9.94. The fourth-order valence-corrected chi connectivity index (χ4v) is 1.61. The zero-order valence-electron chi connectivity index (χ0n) is 10.6. The SMILES string of the molecule is N#Cc1cc(CO)ccc1Oc1ccnc(C(F)(F)F)c1. The number of aliphatic hydroxyl groups is 1. The molecule has 0 bridgehead atoms. The van der Waals surface area contributed by atoms with Gasteiger partial charge in [0.25, 0.3) is 0 Å². The Labute approximate surface area is 118 Å². The van der Waals surface area contributed by atoms with Crippen molar-refractivity contribution in [3.63, 3.8) is 0 Å². The Kier molecular flexibility index (Phi) is 4.10. The van der Waals surface area contributed by atoms with E-state index in [4.69, 9.17) is 15.1 Å². The van der Waals surface area contributed by atoms with Crippen LogP contribution in [0.1, 0.15) is 16.8 Å². The molecule has 1 aromatic heterocycles. The van der Waals surface area contributed by atoms with Crippen molar-refractivity contribution in [1.29, 1.82) is 5.26 Å². The van der Waals surface area contributed by atoms with Crippen LogP contribution >= 0.6 is 0 Å². The Bertz CT molecular complexity index is 693. The van der Waals surface area contributed by atoms with Gasteiger partial charge in [0, 0.05) is 12.3 Å². The molecule has 0 saturated carbocycles. The van der Waals surface area contributed by atoms with Crippen LogP contribution in [0.15, 0.2) is 36.5 Å². The van der Waals surface area contributed by atoms with E-state index < -0.39 is 11.9 Å². The molecule has 1 aromatic carbocycles. The Balaban J connectivity index is 2.33. The third kappa shape index (κ3) is 3.49. The summed E-state index contributed by atoms with van der Waals surface area (Å²) in [6.45, 7) is -0.248. The maximum absolute atomic E-state index is 12.6. The van der Waals surface area contributed by atoms with Gasteiger partial charge >= 0.3 is 6.18 Å². The number of alkyl halides is 3. The molecule has 1 N–H and O–H groups in total. The molecule has 2 aromatic rings. The van der Waals surface area contributed by atoms with E-state index in [1.807, 2.05) is 6.07 Å². The number of benzene rings is 1. The minimum atomic E-state index is -4.57. The average molecular weight is 294 g/mol. The first kappa shape index (κ1) is 14.8. The summed E-state index contributed by atoms with van der Waals surface area (Å²) in [4.78, 5) is 3.22. The van der Waals surface area contributed by atoms with Crippen LogP contribution in [0.25, 0.3) is 0 Å². The lowest BCUT2D eigenvalue weighted by molar-refractivity contribution is -0.141. The number of rotatable bonds is 3. The molecular weight excluding hydrogens is 285 g/mol. The molecular formula is C14H9F3N2O2. The normalized spacial score (nSPS) is 11.0. The fraction of sp³-hybridized carbons (Fsp3) is 0.143. The van der Waals surface area contributed by atoms with E-state index in [0.29, 0.717) is 5.56 Å². The van der Waals surface area contributed by atoms with Crippen LogP contribution in [0, 0.1) is 11.3 Å². The molecule has 1 heterocycles. The van der Waals surface area contributed by atoms with Gasteiger partial charge in [-0.3, -0.25) is 4.98 Å². The summed E-state index contributed by atoms with van der Waals surface area (Å²) >= 11 is 0. The summed E-state index contributed by atoms with van der Waals surface area (Å²) in [5, 5.41) is 18.0. The van der Waals surface area contributed by atoms with E-state index in [9.17, 15) is 13.2 Å². The lowest BCUT2D eigenvalue weighted by atomic mass is 10.1. The van der Waals surface area contributed by atoms with Crippen molar-refractivity contribution >= 4 is 0 Å². The maximum atomic E-state index is 12.6. The second kappa shape index (κ2) is 5.81. The van der Waals surface area contributed by atoms with Gasteiger partial charge in [-0.1, -0.05) is 6.07 Å². The lowest BCUT2D eigenvalue weighted by Gasteiger charge is -2.10. The van der Waals surface area contributed by atoms with Crippen molar-refractivity contribution in [3.05, 3.63) is 53.3 Å². The highest BCUT2D eigenvalue weighted by Gasteiger charge is 2.32. The van der Waals surface area contributed by atoms with E-state index in [0.717, 1.165) is 12.3 Å². The van der Waals surface area contributed by atoms with Gasteiger partial charge in [-0.15, -0.1) is 0 Å². The summed E-state index contributed by atoms with van der Waals surface area (Å²) in [6, 6.07) is 8.21. The Morgan fingerprint density at radius 3 is 2.62 bits per heavy atom. The summed E-state index contributed by atoms with van der Waals surface area (Å²) < 4.78 is 42.9. The molecule has 4 nitrogen and oxygen atoms in total. The first-order valence-corrected chi connectivity index (χ1v) is 5.79. The average Bonchev–Trinajstić information content (AvgIpc) is 2.47. The van der Waals surface area contributed by atoms with Crippen LogP contribution in [0.5, 0.6) is 11.5 Å². The number of hydrogen-bond donors (Lipinski definition) is 1. The number of aromatic nitrogens is 1. The number of pyridine rings is 1. The molecule has 7 heteroatoms. The van der Waals surface area contributed by atoms with Crippen LogP contribution in [-0.4, -0.2) is 10.1 Å². The van der Waals surface area contributed by atoms with Gasteiger partial charge in [-0.05, 0) is 23.8 Å². The smallest absolute Gasteiger partial charge is 0.433 e. The quantitative estimate of drug-likeness (QED) is 0.943. The van der Waals surface area contributed by atoms with Crippen molar-refractivity contribution in [2.24, 2.45) is 0 Å². The van der Waals surface area contributed by atoms with Crippen LogP contribution in [0.2, 0.25) is 0 Å². The van der Waals surface area contributed by atoms with E-state index in [1.54, 1.807) is 0 Å². The molecule has 0 aliphatic rings. The number of hydrogen-bond acceptors (Lipinski definition) is 4. The molecule has 2 rings (SSSR count). The summed E-state index contributed by atoms with van der Waals surface area (Å²) in [5.74, 6) is 0.0274. The summed E-state index contributed by atoms with van der Waals surface area (Å²) in [7, 11) is 0. The molecule has 21 heavy (non-hydrogen) atoms. The number of nitrogens with zero attached hydrogens (tertiary/aromatic N) is 2. The highest BCUT2D eigenvalue weighted by Crippen LogP contribution is 2.32. The van der Waals surface area contributed by atoms with Gasteiger partial charge < -0.3 is 9.84 Å². The van der Waals surface area contributed by atoms with Crippen molar-refractivity contribution in [3.8, 4) is 17.6 Å². The van der Waals surface area contributed by atoms with E-state index in [2.05, 4.69) is 4.98 Å². The molecule has 0 aliphatic carbocycles. The van der Waals surface area contributed by atoms with Crippen molar-refractivity contribution in [2.45, 2.75) is 12.8 Å². The van der Waals surface area contributed by atoms with Gasteiger partial charge in [0.15, 0.2) is 0 Å². The molecule has 0 radical (unpaired) electrons. The Morgan fingerprint density at radius 2 is 2.00 bits per heavy atom. The van der Waals surface area contributed by atoms with Crippen LogP contribution < -0.4 is 4.74 Å². The predicted octanol–water partition coefficient (Wildman–Crippen LogP) is 3.26. The zero-order valence-corrected chi connectivity index (χ0v) is 10.6. The van der Waals surface area contributed by atoms with Gasteiger partial charge in [-0.25, -0.2) is 0 Å². The number of nitriles is 1.